The smallest absolute Gasteiger partial charge is 0.0626 e. The summed E-state index contributed by atoms with van der Waals surface area (Å²) in [6.45, 7) is 4.46. The third-order valence-corrected chi connectivity index (χ3v) is 7.35. The number of halogens is 1. The maximum atomic E-state index is 4.46. The summed E-state index contributed by atoms with van der Waals surface area (Å²) >= 11 is 3.88. The van der Waals surface area contributed by atoms with Crippen LogP contribution in [0.5, 0.6) is 0 Å². The van der Waals surface area contributed by atoms with Crippen molar-refractivity contribution in [1.82, 2.24) is 4.57 Å². The molecule has 0 N–H and O–H groups in total. The van der Waals surface area contributed by atoms with Crippen molar-refractivity contribution in [3.05, 3.63) is 119 Å². The van der Waals surface area contributed by atoms with E-state index in [9.17, 15) is 0 Å². The van der Waals surface area contributed by atoms with Crippen molar-refractivity contribution in [2.45, 2.75) is 0 Å². The number of rotatable bonds is 1. The molecule has 0 radical (unpaired) electrons. The Bertz CT molecular complexity index is 1750. The van der Waals surface area contributed by atoms with E-state index in [1.807, 2.05) is 0 Å². The number of hydrogen-bond acceptors (Lipinski definition) is 0. The second-order valence-corrected chi connectivity index (χ2v) is 9.27. The van der Waals surface area contributed by atoms with Gasteiger partial charge in [0.25, 0.3) is 0 Å². The van der Waals surface area contributed by atoms with Gasteiger partial charge in [0.05, 0.1) is 11.0 Å². The molecule has 5 aromatic carbocycles. The van der Waals surface area contributed by atoms with Gasteiger partial charge in [0.2, 0.25) is 0 Å². The molecule has 0 saturated carbocycles. The van der Waals surface area contributed by atoms with Gasteiger partial charge in [-0.25, -0.2) is 0 Å². The molecule has 0 saturated heterocycles. The molecule has 1 aliphatic rings. The monoisotopic (exact) mass is 471 g/mol. The van der Waals surface area contributed by atoms with E-state index in [0.717, 1.165) is 10.0 Å². The first-order valence-corrected chi connectivity index (χ1v) is 11.6. The van der Waals surface area contributed by atoms with E-state index in [2.05, 4.69) is 124 Å². The average Bonchev–Trinajstić information content (AvgIpc) is 3.32. The fourth-order valence-corrected chi connectivity index (χ4v) is 6.00. The van der Waals surface area contributed by atoms with Gasteiger partial charge in [0, 0.05) is 32.1 Å². The van der Waals surface area contributed by atoms with E-state index >= 15 is 0 Å². The molecule has 0 unspecified atom stereocenters. The zero-order valence-corrected chi connectivity index (χ0v) is 18.9. The van der Waals surface area contributed by atoms with Crippen molar-refractivity contribution in [2.24, 2.45) is 0 Å². The molecule has 0 fully saturated rings. The minimum atomic E-state index is 1.08. The summed E-state index contributed by atoms with van der Waals surface area (Å²) in [5.74, 6) is 0. The number of para-hydroxylation sites is 1. The van der Waals surface area contributed by atoms with Crippen molar-refractivity contribution in [3.63, 3.8) is 0 Å². The summed E-state index contributed by atoms with van der Waals surface area (Å²) in [6.07, 6.45) is 0. The van der Waals surface area contributed by atoms with Gasteiger partial charge in [-0.2, -0.15) is 0 Å². The highest BCUT2D eigenvalue weighted by Crippen LogP contribution is 2.52. The fourth-order valence-electron chi connectivity index (χ4n) is 5.33. The molecule has 0 atom stereocenters. The summed E-state index contributed by atoms with van der Waals surface area (Å²) < 4.78 is 3.53. The Morgan fingerprint density at radius 3 is 2.22 bits per heavy atom. The summed E-state index contributed by atoms with van der Waals surface area (Å²) in [7, 11) is 0. The molecule has 1 aromatic heterocycles. The lowest BCUT2D eigenvalue weighted by molar-refractivity contribution is 1.19. The summed E-state index contributed by atoms with van der Waals surface area (Å²) in [5.41, 5.74) is 9.64. The molecule has 32 heavy (non-hydrogen) atoms. The van der Waals surface area contributed by atoms with Crippen molar-refractivity contribution in [3.8, 4) is 16.8 Å². The molecule has 150 valence electrons. The SMILES string of the molecule is C=C1c2ccccc2-c2c1c(Br)cc1c3ccccc3n(-c3ccc4ccccc4c3)c21. The first kappa shape index (κ1) is 18.0. The van der Waals surface area contributed by atoms with Crippen molar-refractivity contribution >= 4 is 54.1 Å². The molecule has 0 spiro atoms. The topological polar surface area (TPSA) is 4.93 Å². The van der Waals surface area contributed by atoms with E-state index in [0.29, 0.717) is 0 Å². The molecule has 2 heteroatoms. The number of nitrogens with zero attached hydrogens (tertiary/aromatic N) is 1. The highest BCUT2D eigenvalue weighted by atomic mass is 79.9. The molecular weight excluding hydrogens is 454 g/mol. The van der Waals surface area contributed by atoms with Crippen LogP contribution < -0.4 is 0 Å². The molecule has 0 amide bonds. The predicted octanol–water partition coefficient (Wildman–Crippen LogP) is 8.74. The number of fused-ring (bicyclic) bond motifs is 8. The van der Waals surface area contributed by atoms with Crippen LogP contribution in [0, 0.1) is 0 Å². The maximum absolute atomic E-state index is 4.46. The lowest BCUT2D eigenvalue weighted by Gasteiger charge is -2.13. The maximum Gasteiger partial charge on any atom is 0.0626 e. The van der Waals surface area contributed by atoms with E-state index in [4.69, 9.17) is 0 Å². The Morgan fingerprint density at radius 1 is 0.625 bits per heavy atom. The van der Waals surface area contributed by atoms with Gasteiger partial charge in [-0.1, -0.05) is 95.3 Å². The first-order chi connectivity index (χ1) is 15.7. The van der Waals surface area contributed by atoms with Crippen LogP contribution in [0.2, 0.25) is 0 Å². The third-order valence-electron chi connectivity index (χ3n) is 6.73. The molecular formula is C30H18BrN. The van der Waals surface area contributed by atoms with E-state index in [-0.39, 0.29) is 0 Å². The Hall–Kier alpha value is -3.62. The van der Waals surface area contributed by atoms with E-state index < -0.39 is 0 Å². The lowest BCUT2D eigenvalue weighted by atomic mass is 10.0. The third kappa shape index (κ3) is 2.28. The van der Waals surface area contributed by atoms with Gasteiger partial charge in [0.1, 0.15) is 0 Å². The van der Waals surface area contributed by atoms with Crippen LogP contribution in [0.3, 0.4) is 0 Å². The fraction of sp³-hybridized carbons (Fsp3) is 0. The van der Waals surface area contributed by atoms with Crippen LogP contribution in [0.25, 0.3) is 55.0 Å². The summed E-state index contributed by atoms with van der Waals surface area (Å²) in [5, 5.41) is 5.01. The molecule has 7 rings (SSSR count). The van der Waals surface area contributed by atoms with Gasteiger partial charge in [-0.05, 0) is 51.7 Å². The van der Waals surface area contributed by atoms with Crippen LogP contribution in [-0.2, 0) is 0 Å². The van der Waals surface area contributed by atoms with Gasteiger partial charge < -0.3 is 4.57 Å². The molecule has 1 heterocycles. The second-order valence-electron chi connectivity index (χ2n) is 8.41. The van der Waals surface area contributed by atoms with Crippen LogP contribution in [-0.4, -0.2) is 4.57 Å². The van der Waals surface area contributed by atoms with E-state index in [1.165, 1.54) is 60.5 Å². The van der Waals surface area contributed by atoms with Gasteiger partial charge in [0.15, 0.2) is 0 Å². The van der Waals surface area contributed by atoms with Crippen LogP contribution >= 0.6 is 15.9 Å². The largest absolute Gasteiger partial charge is 0.309 e. The number of hydrogen-bond donors (Lipinski definition) is 0. The van der Waals surface area contributed by atoms with Crippen LogP contribution in [0.15, 0.2) is 108 Å². The summed E-state index contributed by atoms with van der Waals surface area (Å²) in [6, 6.07) is 34.9. The van der Waals surface area contributed by atoms with Crippen molar-refractivity contribution in [2.75, 3.05) is 0 Å². The van der Waals surface area contributed by atoms with Gasteiger partial charge in [-0.15, -0.1) is 0 Å². The van der Waals surface area contributed by atoms with Crippen molar-refractivity contribution < 1.29 is 0 Å². The molecule has 0 bridgehead atoms. The highest BCUT2D eigenvalue weighted by Gasteiger charge is 2.29. The number of benzene rings is 5. The molecule has 6 aromatic rings. The Labute approximate surface area is 194 Å². The van der Waals surface area contributed by atoms with Gasteiger partial charge >= 0.3 is 0 Å². The Morgan fingerprint density at radius 2 is 1.34 bits per heavy atom. The average molecular weight is 472 g/mol. The predicted molar refractivity (Wildman–Crippen MR) is 140 cm³/mol. The van der Waals surface area contributed by atoms with Crippen molar-refractivity contribution in [1.29, 1.82) is 0 Å². The Balaban J connectivity index is 1.71. The zero-order valence-electron chi connectivity index (χ0n) is 17.3. The zero-order chi connectivity index (χ0) is 21.4. The lowest BCUT2D eigenvalue weighted by Crippen LogP contribution is -1.96. The minimum Gasteiger partial charge on any atom is -0.309 e. The van der Waals surface area contributed by atoms with Gasteiger partial charge in [-0.3, -0.25) is 0 Å². The van der Waals surface area contributed by atoms with Crippen LogP contribution in [0.1, 0.15) is 11.1 Å². The standard InChI is InChI=1S/C30H18BrN/c1-18-22-10-4-5-12-24(22)29-28(18)26(31)17-25-23-11-6-7-13-27(23)32(30(25)29)21-15-14-19-8-2-3-9-20(19)16-21/h2-17H,1H2. The molecule has 1 nitrogen and oxygen atoms in total. The summed E-state index contributed by atoms with van der Waals surface area (Å²) in [4.78, 5) is 0. The Kier molecular flexibility index (Phi) is 3.62. The quantitative estimate of drug-likeness (QED) is 0.225. The second kappa shape index (κ2) is 6.44. The molecule has 1 aliphatic carbocycles. The van der Waals surface area contributed by atoms with E-state index in [1.54, 1.807) is 0 Å². The highest BCUT2D eigenvalue weighted by molar-refractivity contribution is 9.10. The minimum absolute atomic E-state index is 1.08. The molecule has 0 aliphatic heterocycles. The first-order valence-electron chi connectivity index (χ1n) is 10.8. The normalized spacial score (nSPS) is 12.6. The number of aromatic nitrogens is 1. The van der Waals surface area contributed by atoms with Crippen LogP contribution in [0.4, 0.5) is 0 Å².